The lowest BCUT2D eigenvalue weighted by Crippen LogP contribution is -2.29. The van der Waals surface area contributed by atoms with Gasteiger partial charge in [-0.15, -0.1) is 0 Å². The molecule has 0 bridgehead atoms. The molecule has 2 aromatic rings. The second-order valence-electron chi connectivity index (χ2n) is 4.17. The van der Waals surface area contributed by atoms with Gasteiger partial charge in [-0.3, -0.25) is 9.48 Å². The van der Waals surface area contributed by atoms with Crippen LogP contribution >= 0.6 is 0 Å². The Bertz CT molecular complexity index is 555. The first-order chi connectivity index (χ1) is 8.25. The average Bonchev–Trinajstić information content (AvgIpc) is 2.90. The lowest BCUT2D eigenvalue weighted by atomic mass is 10.1. The Morgan fingerprint density at radius 2 is 2.41 bits per heavy atom. The van der Waals surface area contributed by atoms with Gasteiger partial charge in [0.25, 0.3) is 0 Å². The third-order valence-corrected chi connectivity index (χ3v) is 3.02. The van der Waals surface area contributed by atoms with Crippen molar-refractivity contribution in [2.24, 2.45) is 0 Å². The van der Waals surface area contributed by atoms with Crippen LogP contribution in [0.1, 0.15) is 27.5 Å². The second kappa shape index (κ2) is 3.85. The number of Topliss-reactive ketones (excluding diaryl/α,β-unsaturated/α-hetero) is 1. The molecule has 1 aliphatic heterocycles. The van der Waals surface area contributed by atoms with Gasteiger partial charge in [0.15, 0.2) is 5.78 Å². The van der Waals surface area contributed by atoms with E-state index >= 15 is 0 Å². The number of ketones is 1. The van der Waals surface area contributed by atoms with E-state index in [1.807, 2.05) is 23.7 Å². The summed E-state index contributed by atoms with van der Waals surface area (Å²) in [5.74, 6) is 0.961. The van der Waals surface area contributed by atoms with Crippen molar-refractivity contribution in [1.29, 1.82) is 0 Å². The van der Waals surface area contributed by atoms with Gasteiger partial charge in [-0.1, -0.05) is 0 Å². The molecule has 0 atom stereocenters. The normalized spacial score (nSPS) is 15.0. The first-order valence-corrected chi connectivity index (χ1v) is 5.58. The van der Waals surface area contributed by atoms with Gasteiger partial charge in [0.1, 0.15) is 5.76 Å². The Hall–Kier alpha value is -1.88. The van der Waals surface area contributed by atoms with E-state index in [0.29, 0.717) is 19.6 Å². The monoisotopic (exact) mass is 231 g/mol. The zero-order valence-electron chi connectivity index (χ0n) is 9.56. The molecular formula is C12H13N3O2. The highest BCUT2D eigenvalue weighted by Crippen LogP contribution is 2.18. The molecule has 1 N–H and O–H groups in total. The minimum Gasteiger partial charge on any atom is -0.467 e. The summed E-state index contributed by atoms with van der Waals surface area (Å²) < 4.78 is 7.12. The van der Waals surface area contributed by atoms with Crippen molar-refractivity contribution in [1.82, 2.24) is 15.1 Å². The maximum atomic E-state index is 11.8. The fraction of sp³-hybridized carbons (Fsp3) is 0.333. The zero-order valence-corrected chi connectivity index (χ0v) is 9.56. The molecule has 3 heterocycles. The van der Waals surface area contributed by atoms with Crippen LogP contribution in [0.3, 0.4) is 0 Å². The summed E-state index contributed by atoms with van der Waals surface area (Å²) in [4.78, 5) is 11.8. The SMILES string of the molecule is Cc1c2c(nn1Cc1ccco1)CNCC2=O. The fourth-order valence-corrected chi connectivity index (χ4v) is 2.18. The number of fused-ring (bicyclic) bond motifs is 1. The molecule has 2 aromatic heterocycles. The standard InChI is InChI=1S/C12H13N3O2/c1-8-12-10(5-13-6-11(12)16)14-15(8)7-9-3-2-4-17-9/h2-4,13H,5-7H2,1H3. The predicted molar refractivity (Wildman–Crippen MR) is 60.8 cm³/mol. The molecule has 88 valence electrons. The molecule has 0 saturated heterocycles. The Morgan fingerprint density at radius 1 is 1.53 bits per heavy atom. The van der Waals surface area contributed by atoms with Crippen LogP contribution < -0.4 is 5.32 Å². The lowest BCUT2D eigenvalue weighted by Gasteiger charge is -2.09. The fourth-order valence-electron chi connectivity index (χ4n) is 2.18. The minimum atomic E-state index is 0.120. The summed E-state index contributed by atoms with van der Waals surface area (Å²) in [7, 11) is 0. The Balaban J connectivity index is 1.99. The Morgan fingerprint density at radius 3 is 3.12 bits per heavy atom. The third kappa shape index (κ3) is 1.68. The molecule has 5 heteroatoms. The molecule has 0 amide bonds. The van der Waals surface area contributed by atoms with Gasteiger partial charge < -0.3 is 9.73 Å². The van der Waals surface area contributed by atoms with Crippen LogP contribution in [0.4, 0.5) is 0 Å². The maximum Gasteiger partial charge on any atom is 0.180 e. The van der Waals surface area contributed by atoms with Crippen LogP contribution in [0.5, 0.6) is 0 Å². The van der Waals surface area contributed by atoms with Crippen LogP contribution in [-0.4, -0.2) is 22.1 Å². The molecule has 0 saturated carbocycles. The van der Waals surface area contributed by atoms with Gasteiger partial charge in [0.05, 0.1) is 30.6 Å². The van der Waals surface area contributed by atoms with Crippen molar-refractivity contribution in [3.8, 4) is 0 Å². The number of carbonyl (C=O) groups is 1. The van der Waals surface area contributed by atoms with Crippen LogP contribution in [0.15, 0.2) is 22.8 Å². The molecular weight excluding hydrogens is 218 g/mol. The molecule has 0 spiro atoms. The quantitative estimate of drug-likeness (QED) is 0.841. The second-order valence-corrected chi connectivity index (χ2v) is 4.17. The molecule has 0 unspecified atom stereocenters. The topological polar surface area (TPSA) is 60.1 Å². The number of furan rings is 1. The highest BCUT2D eigenvalue weighted by molar-refractivity contribution is 6.00. The molecule has 17 heavy (non-hydrogen) atoms. The van der Waals surface area contributed by atoms with E-state index in [1.54, 1.807) is 6.26 Å². The van der Waals surface area contributed by atoms with E-state index < -0.39 is 0 Å². The van der Waals surface area contributed by atoms with Gasteiger partial charge in [-0.2, -0.15) is 5.10 Å². The molecule has 0 radical (unpaired) electrons. The number of nitrogens with one attached hydrogen (secondary N) is 1. The summed E-state index contributed by atoms with van der Waals surface area (Å²) in [6.45, 7) is 3.56. The maximum absolute atomic E-state index is 11.8. The van der Waals surface area contributed by atoms with Gasteiger partial charge in [0, 0.05) is 12.2 Å². The van der Waals surface area contributed by atoms with Crippen molar-refractivity contribution in [2.45, 2.75) is 20.0 Å². The number of hydrogen-bond acceptors (Lipinski definition) is 4. The van der Waals surface area contributed by atoms with E-state index in [1.165, 1.54) is 0 Å². The van der Waals surface area contributed by atoms with Crippen molar-refractivity contribution in [3.05, 3.63) is 41.1 Å². The van der Waals surface area contributed by atoms with E-state index in [0.717, 1.165) is 22.7 Å². The number of hydrogen-bond donors (Lipinski definition) is 1. The van der Waals surface area contributed by atoms with Crippen LogP contribution in [0, 0.1) is 6.92 Å². The highest BCUT2D eigenvalue weighted by Gasteiger charge is 2.24. The zero-order chi connectivity index (χ0) is 11.8. The summed E-state index contributed by atoms with van der Waals surface area (Å²) in [6.07, 6.45) is 1.64. The third-order valence-electron chi connectivity index (χ3n) is 3.02. The Kier molecular flexibility index (Phi) is 2.33. The average molecular weight is 231 g/mol. The van der Waals surface area contributed by atoms with E-state index in [4.69, 9.17) is 4.42 Å². The molecule has 3 rings (SSSR count). The summed E-state index contributed by atoms with van der Waals surface area (Å²) in [5, 5.41) is 7.49. The van der Waals surface area contributed by atoms with Gasteiger partial charge in [-0.25, -0.2) is 0 Å². The number of carbonyl (C=O) groups excluding carboxylic acids is 1. The van der Waals surface area contributed by atoms with Crippen LogP contribution in [-0.2, 0) is 13.1 Å². The first-order valence-electron chi connectivity index (χ1n) is 5.58. The Labute approximate surface area is 98.4 Å². The van der Waals surface area contributed by atoms with Crippen LogP contribution in [0.2, 0.25) is 0 Å². The van der Waals surface area contributed by atoms with E-state index in [2.05, 4.69) is 10.4 Å². The lowest BCUT2D eigenvalue weighted by molar-refractivity contribution is 0.0981. The predicted octanol–water partition coefficient (Wildman–Crippen LogP) is 1.12. The largest absolute Gasteiger partial charge is 0.467 e. The van der Waals surface area contributed by atoms with Crippen molar-refractivity contribution >= 4 is 5.78 Å². The first kappa shape index (κ1) is 10.3. The number of rotatable bonds is 2. The van der Waals surface area contributed by atoms with E-state index in [-0.39, 0.29) is 5.78 Å². The molecule has 0 fully saturated rings. The van der Waals surface area contributed by atoms with Gasteiger partial charge in [-0.05, 0) is 19.1 Å². The molecule has 5 nitrogen and oxygen atoms in total. The van der Waals surface area contributed by atoms with E-state index in [9.17, 15) is 4.79 Å². The summed E-state index contributed by atoms with van der Waals surface area (Å²) >= 11 is 0. The van der Waals surface area contributed by atoms with Gasteiger partial charge in [0.2, 0.25) is 0 Å². The molecule has 1 aliphatic rings. The summed E-state index contributed by atoms with van der Waals surface area (Å²) in [6, 6.07) is 3.75. The number of aromatic nitrogens is 2. The molecule has 0 aliphatic carbocycles. The minimum absolute atomic E-state index is 0.120. The van der Waals surface area contributed by atoms with Crippen molar-refractivity contribution in [2.75, 3.05) is 6.54 Å². The van der Waals surface area contributed by atoms with Crippen molar-refractivity contribution < 1.29 is 9.21 Å². The number of nitrogens with zero attached hydrogens (tertiary/aromatic N) is 2. The smallest absolute Gasteiger partial charge is 0.180 e. The van der Waals surface area contributed by atoms with Crippen molar-refractivity contribution in [3.63, 3.8) is 0 Å². The molecule has 0 aromatic carbocycles. The highest BCUT2D eigenvalue weighted by atomic mass is 16.3. The van der Waals surface area contributed by atoms with Gasteiger partial charge >= 0.3 is 0 Å². The van der Waals surface area contributed by atoms with Crippen LogP contribution in [0.25, 0.3) is 0 Å². The summed E-state index contributed by atoms with van der Waals surface area (Å²) in [5.41, 5.74) is 2.53.